The molecule has 1 aromatic carbocycles. The van der Waals surface area contributed by atoms with Gasteiger partial charge in [-0.05, 0) is 70.2 Å². The van der Waals surface area contributed by atoms with Gasteiger partial charge in [-0.1, -0.05) is 19.1 Å². The number of carbonyl (C=O) groups excluding carboxylic acids is 3. The standard InChI is InChI=1S/C28H41N3O5/c1-5-30(6-2)21-14-12-20(13-15-21)29-26(33)25-22-16-11-19(4)23(28(35)36-7-3)24(22)27(34)31(25)17-9-8-10-18-32/h11-16,19,22-25,32H,5-10,17-18H2,1-4H3,(H,29,33)/t19-,22+,23-,24+,25+/m1/s1. The summed E-state index contributed by atoms with van der Waals surface area (Å²) < 4.78 is 5.32. The topological polar surface area (TPSA) is 99.2 Å². The van der Waals surface area contributed by atoms with Crippen LogP contribution in [0.15, 0.2) is 36.4 Å². The molecule has 2 N–H and O–H groups in total. The van der Waals surface area contributed by atoms with Gasteiger partial charge in [0, 0.05) is 43.5 Å². The summed E-state index contributed by atoms with van der Waals surface area (Å²) in [6.45, 7) is 10.4. The number of anilines is 2. The Hall–Kier alpha value is -2.87. The van der Waals surface area contributed by atoms with Gasteiger partial charge < -0.3 is 25.0 Å². The predicted octanol–water partition coefficient (Wildman–Crippen LogP) is 3.46. The van der Waals surface area contributed by atoms with Crippen molar-refractivity contribution in [1.82, 2.24) is 4.90 Å². The third-order valence-electron chi connectivity index (χ3n) is 7.42. The fraction of sp³-hybridized carbons (Fsp3) is 0.607. The Labute approximate surface area is 214 Å². The first-order chi connectivity index (χ1) is 17.4. The van der Waals surface area contributed by atoms with Crippen molar-refractivity contribution in [3.05, 3.63) is 36.4 Å². The molecule has 36 heavy (non-hydrogen) atoms. The molecule has 1 aliphatic carbocycles. The van der Waals surface area contributed by atoms with E-state index in [1.807, 2.05) is 43.3 Å². The highest BCUT2D eigenvalue weighted by molar-refractivity contribution is 6.01. The molecule has 1 heterocycles. The van der Waals surface area contributed by atoms with Crippen LogP contribution in [0.4, 0.5) is 11.4 Å². The lowest BCUT2D eigenvalue weighted by Gasteiger charge is -2.32. The van der Waals surface area contributed by atoms with Crippen LogP contribution in [0.1, 0.15) is 47.0 Å². The van der Waals surface area contributed by atoms with Crippen LogP contribution in [-0.4, -0.2) is 66.7 Å². The minimum absolute atomic E-state index is 0.0950. The summed E-state index contributed by atoms with van der Waals surface area (Å²) in [5, 5.41) is 12.1. The largest absolute Gasteiger partial charge is 0.466 e. The molecule has 1 saturated heterocycles. The van der Waals surface area contributed by atoms with Gasteiger partial charge in [0.2, 0.25) is 11.8 Å². The Morgan fingerprint density at radius 2 is 1.75 bits per heavy atom. The van der Waals surface area contributed by atoms with Crippen molar-refractivity contribution in [1.29, 1.82) is 0 Å². The number of ether oxygens (including phenoxy) is 1. The van der Waals surface area contributed by atoms with Crippen molar-refractivity contribution in [2.24, 2.45) is 23.7 Å². The smallest absolute Gasteiger partial charge is 0.310 e. The van der Waals surface area contributed by atoms with E-state index in [1.54, 1.807) is 11.8 Å². The lowest BCUT2D eigenvalue weighted by atomic mass is 9.70. The lowest BCUT2D eigenvalue weighted by Crippen LogP contribution is -2.44. The number of unbranched alkanes of at least 4 members (excludes halogenated alkanes) is 2. The number of hydrogen-bond donors (Lipinski definition) is 2. The maximum Gasteiger partial charge on any atom is 0.310 e. The third-order valence-corrected chi connectivity index (χ3v) is 7.42. The van der Waals surface area contributed by atoms with E-state index in [2.05, 4.69) is 24.1 Å². The second-order valence-electron chi connectivity index (χ2n) is 9.59. The number of amides is 2. The average molecular weight is 500 g/mol. The fourth-order valence-corrected chi connectivity index (χ4v) is 5.56. The summed E-state index contributed by atoms with van der Waals surface area (Å²) in [5.74, 6) is -2.60. The Morgan fingerprint density at radius 3 is 2.36 bits per heavy atom. The summed E-state index contributed by atoms with van der Waals surface area (Å²) in [6.07, 6.45) is 5.95. The van der Waals surface area contributed by atoms with Gasteiger partial charge in [-0.15, -0.1) is 0 Å². The first-order valence-corrected chi connectivity index (χ1v) is 13.3. The van der Waals surface area contributed by atoms with Crippen LogP contribution in [0, 0.1) is 23.7 Å². The molecule has 198 valence electrons. The second-order valence-corrected chi connectivity index (χ2v) is 9.59. The number of aliphatic hydroxyl groups excluding tert-OH is 1. The van der Waals surface area contributed by atoms with Gasteiger partial charge in [0.25, 0.3) is 0 Å². The number of hydrogen-bond acceptors (Lipinski definition) is 6. The quantitative estimate of drug-likeness (QED) is 0.260. The van der Waals surface area contributed by atoms with Crippen molar-refractivity contribution in [2.45, 2.75) is 53.0 Å². The third kappa shape index (κ3) is 5.91. The molecule has 0 radical (unpaired) electrons. The molecule has 1 fully saturated rings. The van der Waals surface area contributed by atoms with Crippen molar-refractivity contribution in [3.63, 3.8) is 0 Å². The van der Waals surface area contributed by atoms with Crippen LogP contribution in [0.3, 0.4) is 0 Å². The van der Waals surface area contributed by atoms with Crippen LogP contribution in [0.5, 0.6) is 0 Å². The SMILES string of the molecule is CCOC(=O)[C@H]1[C@H]2C(=O)N(CCCCCO)[C@H](C(=O)Nc3ccc(N(CC)CC)cc3)[C@H]2C=C[C@H]1C. The number of carbonyl (C=O) groups is 3. The second kappa shape index (κ2) is 12.9. The Morgan fingerprint density at radius 1 is 1.06 bits per heavy atom. The van der Waals surface area contributed by atoms with E-state index >= 15 is 0 Å². The molecular formula is C28H41N3O5. The maximum absolute atomic E-state index is 13.7. The summed E-state index contributed by atoms with van der Waals surface area (Å²) >= 11 is 0. The number of fused-ring (bicyclic) bond motifs is 1. The summed E-state index contributed by atoms with van der Waals surface area (Å²) in [5.41, 5.74) is 1.75. The van der Waals surface area contributed by atoms with E-state index in [1.165, 1.54) is 0 Å². The highest BCUT2D eigenvalue weighted by Crippen LogP contribution is 2.44. The first-order valence-electron chi connectivity index (χ1n) is 13.3. The number of rotatable bonds is 12. The van der Waals surface area contributed by atoms with E-state index in [-0.39, 0.29) is 36.9 Å². The molecule has 2 aliphatic rings. The van der Waals surface area contributed by atoms with Gasteiger partial charge >= 0.3 is 5.97 Å². The molecule has 5 atom stereocenters. The number of nitrogens with one attached hydrogen (secondary N) is 1. The zero-order valence-corrected chi connectivity index (χ0v) is 22.0. The molecule has 0 saturated carbocycles. The molecule has 2 amide bonds. The maximum atomic E-state index is 13.7. The minimum atomic E-state index is -0.709. The van der Waals surface area contributed by atoms with Gasteiger partial charge in [0.1, 0.15) is 6.04 Å². The number of likely N-dealkylation sites (tertiary alicyclic amines) is 1. The Bertz CT molecular complexity index is 928. The molecular weight excluding hydrogens is 458 g/mol. The summed E-state index contributed by atoms with van der Waals surface area (Å²) in [7, 11) is 0. The fourth-order valence-electron chi connectivity index (χ4n) is 5.56. The molecule has 0 bridgehead atoms. The molecule has 0 unspecified atom stereocenters. The zero-order chi connectivity index (χ0) is 26.2. The number of allylic oxidation sites excluding steroid dienone is 1. The molecule has 8 heteroatoms. The van der Waals surface area contributed by atoms with Crippen molar-refractivity contribution in [3.8, 4) is 0 Å². The molecule has 8 nitrogen and oxygen atoms in total. The van der Waals surface area contributed by atoms with E-state index in [0.717, 1.165) is 25.2 Å². The van der Waals surface area contributed by atoms with Crippen molar-refractivity contribution < 1.29 is 24.2 Å². The Kier molecular flexibility index (Phi) is 9.93. The molecule has 1 aromatic rings. The van der Waals surface area contributed by atoms with Crippen molar-refractivity contribution >= 4 is 29.2 Å². The molecule has 1 aliphatic heterocycles. The average Bonchev–Trinajstić information content (AvgIpc) is 3.15. The van der Waals surface area contributed by atoms with Crippen LogP contribution in [-0.2, 0) is 19.1 Å². The molecule has 0 aromatic heterocycles. The zero-order valence-electron chi connectivity index (χ0n) is 22.0. The normalized spacial score (nSPS) is 25.0. The number of aliphatic hydroxyl groups is 1. The summed E-state index contributed by atoms with van der Waals surface area (Å²) in [6, 6.07) is 7.02. The Balaban J connectivity index is 1.86. The van der Waals surface area contributed by atoms with Crippen LogP contribution < -0.4 is 10.2 Å². The van der Waals surface area contributed by atoms with E-state index in [4.69, 9.17) is 9.84 Å². The minimum Gasteiger partial charge on any atom is -0.466 e. The van der Waals surface area contributed by atoms with Crippen LogP contribution >= 0.6 is 0 Å². The van der Waals surface area contributed by atoms with E-state index in [9.17, 15) is 14.4 Å². The lowest BCUT2D eigenvalue weighted by molar-refractivity contribution is -0.155. The predicted molar refractivity (Wildman–Crippen MR) is 140 cm³/mol. The number of nitrogens with zero attached hydrogens (tertiary/aromatic N) is 2. The summed E-state index contributed by atoms with van der Waals surface area (Å²) in [4.78, 5) is 44.0. The van der Waals surface area contributed by atoms with Crippen LogP contribution in [0.25, 0.3) is 0 Å². The molecule has 3 rings (SSSR count). The van der Waals surface area contributed by atoms with Crippen molar-refractivity contribution in [2.75, 3.05) is 43.1 Å². The molecule has 0 spiro atoms. The van der Waals surface area contributed by atoms with Gasteiger partial charge in [-0.3, -0.25) is 14.4 Å². The van der Waals surface area contributed by atoms with Crippen LogP contribution in [0.2, 0.25) is 0 Å². The number of esters is 1. The monoisotopic (exact) mass is 499 g/mol. The van der Waals surface area contributed by atoms with E-state index in [0.29, 0.717) is 25.1 Å². The first kappa shape index (κ1) is 27.7. The van der Waals surface area contributed by atoms with E-state index < -0.39 is 23.8 Å². The van der Waals surface area contributed by atoms with Gasteiger partial charge in [-0.2, -0.15) is 0 Å². The van der Waals surface area contributed by atoms with Gasteiger partial charge in [-0.25, -0.2) is 0 Å². The highest BCUT2D eigenvalue weighted by Gasteiger charge is 2.56. The van der Waals surface area contributed by atoms with Gasteiger partial charge in [0.15, 0.2) is 0 Å². The van der Waals surface area contributed by atoms with Gasteiger partial charge in [0.05, 0.1) is 18.4 Å². The highest BCUT2D eigenvalue weighted by atomic mass is 16.5. The number of benzene rings is 1.